The highest BCUT2D eigenvalue weighted by molar-refractivity contribution is 5.91. The number of aliphatic hydroxyl groups excluding tert-OH is 1. The number of nitrogens with one attached hydrogen (secondary N) is 2. The van der Waals surface area contributed by atoms with Gasteiger partial charge in [0.05, 0.1) is 24.2 Å². The zero-order valence-corrected chi connectivity index (χ0v) is 24.7. The maximum Gasteiger partial charge on any atom is 0.237 e. The molecule has 36 heavy (non-hydrogen) atoms. The smallest absolute Gasteiger partial charge is 0.237 e. The Balaban J connectivity index is 4.58. The third-order valence-electron chi connectivity index (χ3n) is 7.09. The topological polar surface area (TPSA) is 98.7 Å². The molecular formula is C29H57N3O4. The molecule has 0 spiro atoms. The van der Waals surface area contributed by atoms with Crippen LogP contribution in [0.1, 0.15) is 106 Å². The fraction of sp³-hybridized carbons (Fsp3) is 0.897. The van der Waals surface area contributed by atoms with Gasteiger partial charge in [-0.3, -0.25) is 19.3 Å². The number of carbonyl (C=O) groups is 3. The Bertz CT molecular complexity index is 636. The van der Waals surface area contributed by atoms with Gasteiger partial charge in [0.15, 0.2) is 11.6 Å². The minimum atomic E-state index is -0.650. The quantitative estimate of drug-likeness (QED) is 0.198. The van der Waals surface area contributed by atoms with E-state index in [4.69, 9.17) is 0 Å². The molecule has 0 aromatic carbocycles. The van der Waals surface area contributed by atoms with Crippen LogP contribution in [-0.2, 0) is 14.4 Å². The molecule has 0 aliphatic rings. The number of carbonyl (C=O) groups excluding carboxylic acids is 3. The third-order valence-corrected chi connectivity index (χ3v) is 7.09. The van der Waals surface area contributed by atoms with Crippen LogP contribution in [0.25, 0.3) is 0 Å². The minimum absolute atomic E-state index is 0.0322. The first-order chi connectivity index (χ1) is 16.9. The van der Waals surface area contributed by atoms with Gasteiger partial charge in [-0.25, -0.2) is 0 Å². The largest absolute Gasteiger partial charge is 0.391 e. The van der Waals surface area contributed by atoms with E-state index in [1.807, 2.05) is 39.8 Å². The Morgan fingerprint density at radius 1 is 0.861 bits per heavy atom. The van der Waals surface area contributed by atoms with E-state index in [2.05, 4.69) is 31.4 Å². The maximum atomic E-state index is 12.9. The van der Waals surface area contributed by atoms with Gasteiger partial charge in [-0.1, -0.05) is 67.2 Å². The van der Waals surface area contributed by atoms with Gasteiger partial charge >= 0.3 is 0 Å². The number of hydrogen-bond donors (Lipinski definition) is 3. The molecular weight excluding hydrogens is 454 g/mol. The highest BCUT2D eigenvalue weighted by Gasteiger charge is 2.31. The van der Waals surface area contributed by atoms with Crippen molar-refractivity contribution in [1.29, 1.82) is 0 Å². The predicted octanol–water partition coefficient (Wildman–Crippen LogP) is 4.36. The van der Waals surface area contributed by atoms with Crippen molar-refractivity contribution in [1.82, 2.24) is 15.5 Å². The van der Waals surface area contributed by atoms with Crippen LogP contribution in [0.2, 0.25) is 0 Å². The number of unbranched alkanes of at least 4 members (excludes halogenated alkanes) is 4. The van der Waals surface area contributed by atoms with Gasteiger partial charge in [-0.05, 0) is 64.6 Å². The summed E-state index contributed by atoms with van der Waals surface area (Å²) in [5, 5.41) is 16.8. The summed E-state index contributed by atoms with van der Waals surface area (Å²) < 4.78 is 0. The number of likely N-dealkylation sites (N-methyl/N-ethyl adjacent to an activating group) is 2. The highest BCUT2D eigenvalue weighted by atomic mass is 16.3. The summed E-state index contributed by atoms with van der Waals surface area (Å²) in [5.41, 5.74) is 0. The number of aliphatic hydroxyl groups is 1. The van der Waals surface area contributed by atoms with Gasteiger partial charge in [-0.15, -0.1) is 0 Å². The average molecular weight is 512 g/mol. The second-order valence-electron chi connectivity index (χ2n) is 11.6. The van der Waals surface area contributed by atoms with E-state index < -0.39 is 18.2 Å². The van der Waals surface area contributed by atoms with Crippen LogP contribution in [-0.4, -0.2) is 72.9 Å². The van der Waals surface area contributed by atoms with Gasteiger partial charge in [0.25, 0.3) is 0 Å². The lowest BCUT2D eigenvalue weighted by molar-refractivity contribution is -0.130. The lowest BCUT2D eigenvalue weighted by Crippen LogP contribution is -2.51. The molecule has 1 amide bonds. The zero-order chi connectivity index (χ0) is 27.8. The van der Waals surface area contributed by atoms with Gasteiger partial charge < -0.3 is 15.7 Å². The number of hydrogen-bond acceptors (Lipinski definition) is 6. The zero-order valence-electron chi connectivity index (χ0n) is 24.7. The van der Waals surface area contributed by atoms with Crippen LogP contribution in [0.5, 0.6) is 0 Å². The standard InChI is InChI=1S/C29H57N3O4/c1-10-11-16-22(6)28(35)27(32(8)9)25(34)18-15-13-12-14-17-24(33)26(21(4)5)31-29(36)23(30-7)19-20(2)3/h20-23,26-28,30,35H,10-19H2,1-9H3,(H,31,36)/t22-,23+,26+,27?,28-/m1/s1. The SMILES string of the molecule is CCCC[C@@H](C)[C@@H](O)C(C(=O)CCCCCCC(=O)[C@@H](NC(=O)[C@H](CC(C)C)NC)C(C)C)N(C)C. The molecule has 0 aromatic heterocycles. The van der Waals surface area contributed by atoms with E-state index in [1.54, 1.807) is 7.05 Å². The molecule has 0 aliphatic carbocycles. The first-order valence-electron chi connectivity index (χ1n) is 14.2. The van der Waals surface area contributed by atoms with Crippen molar-refractivity contribution in [3.05, 3.63) is 0 Å². The minimum Gasteiger partial charge on any atom is -0.391 e. The van der Waals surface area contributed by atoms with Crippen molar-refractivity contribution in [3.63, 3.8) is 0 Å². The molecule has 0 fully saturated rings. The maximum absolute atomic E-state index is 12.9. The van der Waals surface area contributed by atoms with E-state index in [9.17, 15) is 19.5 Å². The summed E-state index contributed by atoms with van der Waals surface area (Å²) in [6.45, 7) is 12.2. The number of Topliss-reactive ketones (excluding diaryl/α,β-unsaturated/α-hetero) is 2. The van der Waals surface area contributed by atoms with Crippen molar-refractivity contribution in [2.24, 2.45) is 17.8 Å². The molecule has 0 aliphatic heterocycles. The second-order valence-corrected chi connectivity index (χ2v) is 11.6. The summed E-state index contributed by atoms with van der Waals surface area (Å²) in [6.07, 6.45) is 7.26. The van der Waals surface area contributed by atoms with Gasteiger partial charge in [0.2, 0.25) is 5.91 Å². The molecule has 0 aromatic rings. The third kappa shape index (κ3) is 13.3. The fourth-order valence-corrected chi connectivity index (χ4v) is 4.75. The van der Waals surface area contributed by atoms with E-state index in [0.717, 1.165) is 51.4 Å². The second kappa shape index (κ2) is 18.9. The Labute approximate surface area is 221 Å². The lowest BCUT2D eigenvalue weighted by Gasteiger charge is -2.31. The first-order valence-corrected chi connectivity index (χ1v) is 14.2. The molecule has 5 atom stereocenters. The van der Waals surface area contributed by atoms with Gasteiger partial charge in [0.1, 0.15) is 0 Å². The molecule has 212 valence electrons. The van der Waals surface area contributed by atoms with E-state index >= 15 is 0 Å². The Hall–Kier alpha value is -1.31. The van der Waals surface area contributed by atoms with E-state index in [-0.39, 0.29) is 35.4 Å². The van der Waals surface area contributed by atoms with Crippen molar-refractivity contribution in [3.8, 4) is 0 Å². The van der Waals surface area contributed by atoms with E-state index in [1.165, 1.54) is 0 Å². The van der Waals surface area contributed by atoms with Gasteiger partial charge in [0, 0.05) is 12.8 Å². The monoisotopic (exact) mass is 511 g/mol. The van der Waals surface area contributed by atoms with Crippen LogP contribution in [0.4, 0.5) is 0 Å². The first kappa shape index (κ1) is 34.7. The summed E-state index contributed by atoms with van der Waals surface area (Å²) in [6, 6.07) is -1.24. The summed E-state index contributed by atoms with van der Waals surface area (Å²) in [4.78, 5) is 40.2. The Kier molecular flexibility index (Phi) is 18.2. The normalized spacial score (nSPS) is 16.1. The van der Waals surface area contributed by atoms with Crippen LogP contribution < -0.4 is 10.6 Å². The predicted molar refractivity (Wildman–Crippen MR) is 149 cm³/mol. The Morgan fingerprint density at radius 2 is 1.42 bits per heavy atom. The average Bonchev–Trinajstić information content (AvgIpc) is 2.80. The van der Waals surface area contributed by atoms with Crippen molar-refractivity contribution in [2.45, 2.75) is 130 Å². The molecule has 0 radical (unpaired) electrons. The summed E-state index contributed by atoms with van der Waals surface area (Å²) in [5.74, 6) is 0.563. The van der Waals surface area contributed by atoms with Crippen molar-refractivity contribution >= 4 is 17.5 Å². The van der Waals surface area contributed by atoms with Crippen LogP contribution in [0.15, 0.2) is 0 Å². The van der Waals surface area contributed by atoms with Gasteiger partial charge in [-0.2, -0.15) is 0 Å². The Morgan fingerprint density at radius 3 is 1.86 bits per heavy atom. The fourth-order valence-electron chi connectivity index (χ4n) is 4.75. The number of ketones is 2. The molecule has 7 heteroatoms. The molecule has 1 unspecified atom stereocenters. The molecule has 7 nitrogen and oxygen atoms in total. The number of rotatable bonds is 21. The molecule has 0 saturated carbocycles. The number of nitrogens with zero attached hydrogens (tertiary/aromatic N) is 1. The lowest BCUT2D eigenvalue weighted by atomic mass is 9.89. The molecule has 0 saturated heterocycles. The van der Waals surface area contributed by atoms with Crippen molar-refractivity contribution in [2.75, 3.05) is 21.1 Å². The molecule has 3 N–H and O–H groups in total. The summed E-state index contributed by atoms with van der Waals surface area (Å²) >= 11 is 0. The summed E-state index contributed by atoms with van der Waals surface area (Å²) in [7, 11) is 5.49. The molecule has 0 heterocycles. The van der Waals surface area contributed by atoms with Crippen LogP contribution >= 0.6 is 0 Å². The van der Waals surface area contributed by atoms with Crippen LogP contribution in [0, 0.1) is 17.8 Å². The van der Waals surface area contributed by atoms with Crippen molar-refractivity contribution < 1.29 is 19.5 Å². The molecule has 0 bridgehead atoms. The highest BCUT2D eigenvalue weighted by Crippen LogP contribution is 2.20. The molecule has 0 rings (SSSR count). The van der Waals surface area contributed by atoms with Crippen LogP contribution in [0.3, 0.4) is 0 Å². The number of amides is 1. The van der Waals surface area contributed by atoms with E-state index in [0.29, 0.717) is 18.8 Å².